The second kappa shape index (κ2) is 7.29. The summed E-state index contributed by atoms with van der Waals surface area (Å²) in [4.78, 5) is 11.9. The number of anilines is 1. The molecule has 0 bridgehead atoms. The molecule has 7 nitrogen and oxygen atoms in total. The van der Waals surface area contributed by atoms with E-state index >= 15 is 0 Å². The molecule has 0 aliphatic heterocycles. The Labute approximate surface area is 147 Å². The molecule has 0 atom stereocenters. The molecule has 24 heavy (non-hydrogen) atoms. The zero-order valence-electron chi connectivity index (χ0n) is 12.2. The highest BCUT2D eigenvalue weighted by Crippen LogP contribution is 2.25. The molecule has 2 aromatic carbocycles. The lowest BCUT2D eigenvalue weighted by Crippen LogP contribution is -2.20. The average Bonchev–Trinajstić information content (AvgIpc) is 3.11. The Hall–Kier alpha value is -2.64. The van der Waals surface area contributed by atoms with E-state index in [1.807, 2.05) is 6.07 Å². The third kappa shape index (κ3) is 4.01. The first-order valence-electron chi connectivity index (χ1n) is 6.83. The van der Waals surface area contributed by atoms with Crippen LogP contribution < -0.4 is 10.1 Å². The van der Waals surface area contributed by atoms with Crippen molar-refractivity contribution in [3.05, 3.63) is 58.8 Å². The number of hydrogen-bond acceptors (Lipinski definition) is 5. The molecule has 0 unspecified atom stereocenters. The van der Waals surface area contributed by atoms with Crippen molar-refractivity contribution < 1.29 is 9.53 Å². The lowest BCUT2D eigenvalue weighted by molar-refractivity contribution is -0.118. The van der Waals surface area contributed by atoms with Crippen LogP contribution in [0.25, 0.3) is 5.69 Å². The van der Waals surface area contributed by atoms with Crippen LogP contribution in [0.3, 0.4) is 0 Å². The van der Waals surface area contributed by atoms with E-state index in [0.717, 1.165) is 5.69 Å². The van der Waals surface area contributed by atoms with E-state index < -0.39 is 0 Å². The summed E-state index contributed by atoms with van der Waals surface area (Å²) in [6.45, 7) is -0.153. The molecule has 0 aliphatic carbocycles. The molecule has 0 radical (unpaired) electrons. The fraction of sp³-hybridized carbons (Fsp3) is 0.0667. The minimum atomic E-state index is -0.318. The molecule has 3 rings (SSSR count). The highest BCUT2D eigenvalue weighted by Gasteiger charge is 2.07. The van der Waals surface area contributed by atoms with Crippen LogP contribution in [0, 0.1) is 0 Å². The van der Waals surface area contributed by atoms with Crippen LogP contribution in [-0.4, -0.2) is 32.7 Å². The molecule has 0 spiro atoms. The largest absolute Gasteiger partial charge is 0.484 e. The Kier molecular flexibility index (Phi) is 4.93. The Morgan fingerprint density at radius 3 is 2.79 bits per heavy atom. The third-order valence-electron chi connectivity index (χ3n) is 3.00. The van der Waals surface area contributed by atoms with Gasteiger partial charge >= 0.3 is 0 Å². The van der Waals surface area contributed by atoms with Crippen molar-refractivity contribution in [2.75, 3.05) is 11.9 Å². The lowest BCUT2D eigenvalue weighted by atomic mass is 10.3. The van der Waals surface area contributed by atoms with Crippen molar-refractivity contribution in [1.29, 1.82) is 0 Å². The summed E-state index contributed by atoms with van der Waals surface area (Å²) in [6.07, 6.45) is 1.47. The normalized spacial score (nSPS) is 10.4. The van der Waals surface area contributed by atoms with E-state index in [2.05, 4.69) is 20.8 Å². The van der Waals surface area contributed by atoms with E-state index in [1.54, 1.807) is 36.4 Å². The fourth-order valence-corrected chi connectivity index (χ4v) is 2.21. The molecule has 1 heterocycles. The molecule has 122 valence electrons. The molecule has 9 heteroatoms. The van der Waals surface area contributed by atoms with Crippen molar-refractivity contribution in [3.8, 4) is 11.4 Å². The van der Waals surface area contributed by atoms with Crippen LogP contribution in [0.2, 0.25) is 10.0 Å². The molecular weight excluding hydrogens is 353 g/mol. The Bertz CT molecular complexity index is 855. The predicted molar refractivity (Wildman–Crippen MR) is 89.7 cm³/mol. The van der Waals surface area contributed by atoms with Crippen molar-refractivity contribution in [1.82, 2.24) is 20.2 Å². The first kappa shape index (κ1) is 16.2. The molecule has 0 saturated carbocycles. The summed E-state index contributed by atoms with van der Waals surface area (Å²) in [5.41, 5.74) is 1.27. The van der Waals surface area contributed by atoms with Gasteiger partial charge in [-0.2, -0.15) is 0 Å². The van der Waals surface area contributed by atoms with E-state index in [-0.39, 0.29) is 12.5 Å². The summed E-state index contributed by atoms with van der Waals surface area (Å²) in [5.74, 6) is 0.202. The molecule has 1 N–H and O–H groups in total. The number of carbonyl (C=O) groups is 1. The molecule has 0 aliphatic rings. The number of benzene rings is 2. The van der Waals surface area contributed by atoms with Gasteiger partial charge in [-0.3, -0.25) is 4.79 Å². The molecule has 1 amide bonds. The van der Waals surface area contributed by atoms with Gasteiger partial charge < -0.3 is 10.1 Å². The molecular formula is C15H11Cl2N5O2. The van der Waals surface area contributed by atoms with Crippen LogP contribution in [-0.2, 0) is 4.79 Å². The maximum Gasteiger partial charge on any atom is 0.262 e. The summed E-state index contributed by atoms with van der Waals surface area (Å²) < 4.78 is 6.97. The van der Waals surface area contributed by atoms with E-state index in [4.69, 9.17) is 27.9 Å². The number of ether oxygens (including phenoxy) is 1. The zero-order valence-corrected chi connectivity index (χ0v) is 13.7. The second-order valence-corrected chi connectivity index (χ2v) is 5.53. The number of nitrogens with one attached hydrogen (secondary N) is 1. The van der Waals surface area contributed by atoms with Crippen molar-refractivity contribution in [2.24, 2.45) is 0 Å². The quantitative estimate of drug-likeness (QED) is 0.753. The number of nitrogens with zero attached hydrogens (tertiary/aromatic N) is 4. The number of hydrogen-bond donors (Lipinski definition) is 1. The topological polar surface area (TPSA) is 81.9 Å². The van der Waals surface area contributed by atoms with Gasteiger partial charge in [-0.05, 0) is 40.8 Å². The summed E-state index contributed by atoms with van der Waals surface area (Å²) in [7, 11) is 0. The second-order valence-electron chi connectivity index (χ2n) is 4.72. The monoisotopic (exact) mass is 363 g/mol. The standard InChI is InChI=1S/C15H11Cl2N5O2/c16-13-5-4-10(6-14(13)17)19-15(23)8-24-12-3-1-2-11(7-12)22-9-18-20-21-22/h1-7,9H,8H2,(H,19,23). The van der Waals surface area contributed by atoms with Gasteiger partial charge in [0.1, 0.15) is 12.1 Å². The smallest absolute Gasteiger partial charge is 0.262 e. The van der Waals surface area contributed by atoms with Gasteiger partial charge in [0.15, 0.2) is 6.61 Å². The van der Waals surface area contributed by atoms with E-state index in [9.17, 15) is 4.79 Å². The zero-order chi connectivity index (χ0) is 16.9. The highest BCUT2D eigenvalue weighted by molar-refractivity contribution is 6.42. The third-order valence-corrected chi connectivity index (χ3v) is 3.74. The van der Waals surface area contributed by atoms with Gasteiger partial charge in [-0.25, -0.2) is 4.68 Å². The minimum Gasteiger partial charge on any atom is -0.484 e. The lowest BCUT2D eigenvalue weighted by Gasteiger charge is -2.09. The van der Waals surface area contributed by atoms with Gasteiger partial charge in [-0.15, -0.1) is 5.10 Å². The Morgan fingerprint density at radius 1 is 1.17 bits per heavy atom. The number of halogens is 2. The highest BCUT2D eigenvalue weighted by atomic mass is 35.5. The van der Waals surface area contributed by atoms with Crippen molar-refractivity contribution >= 4 is 34.8 Å². The molecule has 1 aromatic heterocycles. The fourth-order valence-electron chi connectivity index (χ4n) is 1.92. The number of aromatic nitrogens is 4. The maximum atomic E-state index is 11.9. The summed E-state index contributed by atoms with van der Waals surface area (Å²) in [6, 6.07) is 11.9. The van der Waals surface area contributed by atoms with Crippen LogP contribution in [0.15, 0.2) is 48.8 Å². The molecule has 0 saturated heterocycles. The van der Waals surface area contributed by atoms with Crippen molar-refractivity contribution in [3.63, 3.8) is 0 Å². The average molecular weight is 364 g/mol. The Morgan fingerprint density at radius 2 is 2.04 bits per heavy atom. The maximum absolute atomic E-state index is 11.9. The van der Waals surface area contributed by atoms with Gasteiger partial charge in [0.2, 0.25) is 0 Å². The van der Waals surface area contributed by atoms with Crippen LogP contribution in [0.4, 0.5) is 5.69 Å². The van der Waals surface area contributed by atoms with Gasteiger partial charge in [0, 0.05) is 11.8 Å². The first-order valence-corrected chi connectivity index (χ1v) is 7.58. The SMILES string of the molecule is O=C(COc1cccc(-n2cnnn2)c1)Nc1ccc(Cl)c(Cl)c1. The van der Waals surface area contributed by atoms with Crippen LogP contribution >= 0.6 is 23.2 Å². The number of rotatable bonds is 5. The summed E-state index contributed by atoms with van der Waals surface area (Å²) >= 11 is 11.7. The van der Waals surface area contributed by atoms with Gasteiger partial charge in [0.25, 0.3) is 5.91 Å². The van der Waals surface area contributed by atoms with Gasteiger partial charge in [-0.1, -0.05) is 29.3 Å². The first-order chi connectivity index (χ1) is 11.6. The van der Waals surface area contributed by atoms with Crippen LogP contribution in [0.1, 0.15) is 0 Å². The number of amides is 1. The minimum absolute atomic E-state index is 0.153. The van der Waals surface area contributed by atoms with E-state index in [0.29, 0.717) is 21.5 Å². The number of carbonyl (C=O) groups excluding carboxylic acids is 1. The predicted octanol–water partition coefficient (Wildman–Crippen LogP) is 2.99. The van der Waals surface area contributed by atoms with Crippen molar-refractivity contribution in [2.45, 2.75) is 0 Å². The van der Waals surface area contributed by atoms with Gasteiger partial charge in [0.05, 0.1) is 15.7 Å². The summed E-state index contributed by atoms with van der Waals surface area (Å²) in [5, 5.41) is 14.4. The molecule has 0 fully saturated rings. The van der Waals surface area contributed by atoms with Crippen LogP contribution in [0.5, 0.6) is 5.75 Å². The molecule has 3 aromatic rings. The number of tetrazole rings is 1. The Balaban J connectivity index is 1.60. The van der Waals surface area contributed by atoms with E-state index in [1.165, 1.54) is 11.0 Å².